The topological polar surface area (TPSA) is 85.7 Å². The Kier molecular flexibility index (Phi) is 4.88. The van der Waals surface area contributed by atoms with Crippen molar-refractivity contribution in [2.24, 2.45) is 0 Å². The molecule has 146 valence electrons. The van der Waals surface area contributed by atoms with E-state index in [0.29, 0.717) is 22.4 Å². The molecule has 0 aliphatic carbocycles. The molecule has 0 unspecified atom stereocenters. The number of rotatable bonds is 5. The minimum absolute atomic E-state index is 0.0214. The van der Waals surface area contributed by atoms with E-state index in [4.69, 9.17) is 9.72 Å². The van der Waals surface area contributed by atoms with Gasteiger partial charge < -0.3 is 9.72 Å². The molecular weight excluding hydrogens is 394 g/mol. The average molecular weight is 416 g/mol. The SMILES string of the molecule is COc1ccc2[nH]c(CSc3nc4sc(C)c(C)c4c(=O)n3C(C)C)nc2n1. The molecule has 0 aliphatic rings. The zero-order chi connectivity index (χ0) is 20.0. The number of aromatic amines is 1. The van der Waals surface area contributed by atoms with E-state index in [9.17, 15) is 4.79 Å². The standard InChI is InChI=1S/C19H21N5O2S2/c1-9(2)24-18(25)15-10(3)11(4)28-17(15)23-19(24)27-8-13-20-12-6-7-14(26-5)22-16(12)21-13/h6-7,9H,8H2,1-5H3,(H,20,21,22). The highest BCUT2D eigenvalue weighted by molar-refractivity contribution is 7.98. The Morgan fingerprint density at radius 1 is 1.25 bits per heavy atom. The summed E-state index contributed by atoms with van der Waals surface area (Å²) in [5, 5.41) is 1.44. The van der Waals surface area contributed by atoms with Crippen molar-refractivity contribution in [1.82, 2.24) is 24.5 Å². The number of pyridine rings is 1. The van der Waals surface area contributed by atoms with Gasteiger partial charge in [0, 0.05) is 17.0 Å². The van der Waals surface area contributed by atoms with Gasteiger partial charge in [0.05, 0.1) is 23.8 Å². The molecule has 9 heteroatoms. The van der Waals surface area contributed by atoms with Crippen LogP contribution in [0.5, 0.6) is 5.88 Å². The Hall–Kier alpha value is -2.39. The molecule has 0 saturated carbocycles. The van der Waals surface area contributed by atoms with Crippen molar-refractivity contribution in [1.29, 1.82) is 0 Å². The van der Waals surface area contributed by atoms with E-state index in [-0.39, 0.29) is 11.6 Å². The fraction of sp³-hybridized carbons (Fsp3) is 0.368. The molecule has 4 heterocycles. The summed E-state index contributed by atoms with van der Waals surface area (Å²) in [5.41, 5.74) is 2.52. The zero-order valence-electron chi connectivity index (χ0n) is 16.4. The summed E-state index contributed by atoms with van der Waals surface area (Å²) in [4.78, 5) is 32.0. The minimum atomic E-state index is 0.0214. The second-order valence-corrected chi connectivity index (χ2v) is 8.97. The highest BCUT2D eigenvalue weighted by atomic mass is 32.2. The number of nitrogens with one attached hydrogen (secondary N) is 1. The molecule has 7 nitrogen and oxygen atoms in total. The molecular formula is C19H21N5O2S2. The summed E-state index contributed by atoms with van der Waals surface area (Å²) >= 11 is 3.08. The lowest BCUT2D eigenvalue weighted by Crippen LogP contribution is -2.25. The molecule has 0 fully saturated rings. The number of ether oxygens (including phenoxy) is 1. The van der Waals surface area contributed by atoms with Crippen LogP contribution >= 0.6 is 23.1 Å². The Morgan fingerprint density at radius 3 is 2.75 bits per heavy atom. The molecule has 4 rings (SSSR count). The van der Waals surface area contributed by atoms with Gasteiger partial charge >= 0.3 is 0 Å². The van der Waals surface area contributed by atoms with Crippen molar-refractivity contribution in [3.8, 4) is 5.88 Å². The van der Waals surface area contributed by atoms with Crippen LogP contribution in [-0.2, 0) is 5.75 Å². The van der Waals surface area contributed by atoms with E-state index in [1.165, 1.54) is 11.8 Å². The maximum atomic E-state index is 13.1. The van der Waals surface area contributed by atoms with Crippen LogP contribution in [0.3, 0.4) is 0 Å². The van der Waals surface area contributed by atoms with Gasteiger partial charge in [0.2, 0.25) is 5.88 Å². The lowest BCUT2D eigenvalue weighted by Gasteiger charge is -2.15. The van der Waals surface area contributed by atoms with Crippen LogP contribution in [0, 0.1) is 13.8 Å². The van der Waals surface area contributed by atoms with E-state index in [2.05, 4.69) is 15.0 Å². The third kappa shape index (κ3) is 3.18. The predicted octanol–water partition coefficient (Wildman–Crippen LogP) is 4.23. The first-order chi connectivity index (χ1) is 13.4. The molecule has 4 aromatic rings. The third-order valence-corrected chi connectivity index (χ3v) is 6.70. The molecule has 0 radical (unpaired) electrons. The summed E-state index contributed by atoms with van der Waals surface area (Å²) < 4.78 is 6.93. The molecule has 0 aliphatic heterocycles. The molecule has 0 saturated heterocycles. The van der Waals surface area contributed by atoms with Gasteiger partial charge in [-0.1, -0.05) is 11.8 Å². The summed E-state index contributed by atoms with van der Waals surface area (Å²) in [6.45, 7) is 8.03. The maximum Gasteiger partial charge on any atom is 0.263 e. The van der Waals surface area contributed by atoms with E-state index < -0.39 is 0 Å². The summed E-state index contributed by atoms with van der Waals surface area (Å²) in [6, 6.07) is 3.71. The second kappa shape index (κ2) is 7.21. The number of hydrogen-bond donors (Lipinski definition) is 1. The zero-order valence-corrected chi connectivity index (χ0v) is 18.0. The molecule has 0 amide bonds. The highest BCUT2D eigenvalue weighted by Gasteiger charge is 2.19. The van der Waals surface area contributed by atoms with E-state index >= 15 is 0 Å². The summed E-state index contributed by atoms with van der Waals surface area (Å²) in [6.07, 6.45) is 0. The van der Waals surface area contributed by atoms with Gasteiger partial charge in [0.1, 0.15) is 10.7 Å². The van der Waals surface area contributed by atoms with Gasteiger partial charge in [-0.2, -0.15) is 4.98 Å². The van der Waals surface area contributed by atoms with Crippen LogP contribution in [-0.4, -0.2) is 31.6 Å². The van der Waals surface area contributed by atoms with Crippen molar-refractivity contribution in [3.63, 3.8) is 0 Å². The lowest BCUT2D eigenvalue weighted by atomic mass is 10.2. The molecule has 0 spiro atoms. The number of fused-ring (bicyclic) bond motifs is 2. The monoisotopic (exact) mass is 415 g/mol. The number of hydrogen-bond acceptors (Lipinski definition) is 7. The number of nitrogens with zero attached hydrogens (tertiary/aromatic N) is 4. The average Bonchev–Trinajstić information content (AvgIpc) is 3.19. The quantitative estimate of drug-likeness (QED) is 0.388. The van der Waals surface area contributed by atoms with Crippen molar-refractivity contribution in [2.45, 2.75) is 44.6 Å². The highest BCUT2D eigenvalue weighted by Crippen LogP contribution is 2.30. The van der Waals surface area contributed by atoms with Crippen molar-refractivity contribution in [2.75, 3.05) is 7.11 Å². The number of aryl methyl sites for hydroxylation is 2. The first-order valence-electron chi connectivity index (χ1n) is 8.93. The summed E-state index contributed by atoms with van der Waals surface area (Å²) in [5.74, 6) is 1.87. The van der Waals surface area contributed by atoms with Crippen LogP contribution < -0.4 is 10.3 Å². The molecule has 28 heavy (non-hydrogen) atoms. The van der Waals surface area contributed by atoms with Crippen LogP contribution in [0.15, 0.2) is 22.1 Å². The Bertz CT molecular complexity index is 1240. The normalized spacial score (nSPS) is 11.8. The number of H-pyrrole nitrogens is 1. The van der Waals surface area contributed by atoms with Gasteiger partial charge in [-0.15, -0.1) is 11.3 Å². The number of imidazole rings is 1. The smallest absolute Gasteiger partial charge is 0.263 e. The second-order valence-electron chi connectivity index (χ2n) is 6.82. The van der Waals surface area contributed by atoms with Crippen molar-refractivity contribution >= 4 is 44.5 Å². The van der Waals surface area contributed by atoms with Gasteiger partial charge in [-0.05, 0) is 39.3 Å². The fourth-order valence-corrected chi connectivity index (χ4v) is 5.15. The summed E-state index contributed by atoms with van der Waals surface area (Å²) in [7, 11) is 1.58. The van der Waals surface area contributed by atoms with Gasteiger partial charge in [-0.25, -0.2) is 9.97 Å². The molecule has 0 aromatic carbocycles. The Labute approximate surface area is 170 Å². The van der Waals surface area contributed by atoms with Crippen molar-refractivity contribution < 1.29 is 4.74 Å². The first-order valence-corrected chi connectivity index (χ1v) is 10.7. The van der Waals surface area contributed by atoms with Crippen LogP contribution in [0.4, 0.5) is 0 Å². The van der Waals surface area contributed by atoms with Gasteiger partial charge in [0.25, 0.3) is 5.56 Å². The Balaban J connectivity index is 1.71. The number of aromatic nitrogens is 5. The lowest BCUT2D eigenvalue weighted by molar-refractivity contribution is 0.399. The van der Waals surface area contributed by atoms with Crippen LogP contribution in [0.2, 0.25) is 0 Å². The largest absolute Gasteiger partial charge is 0.481 e. The van der Waals surface area contributed by atoms with Gasteiger partial charge in [0.15, 0.2) is 10.8 Å². The Morgan fingerprint density at radius 2 is 2.04 bits per heavy atom. The minimum Gasteiger partial charge on any atom is -0.481 e. The molecule has 1 N–H and O–H groups in total. The van der Waals surface area contributed by atoms with E-state index in [1.807, 2.05) is 33.8 Å². The van der Waals surface area contributed by atoms with Gasteiger partial charge in [-0.3, -0.25) is 9.36 Å². The molecule has 4 aromatic heterocycles. The van der Waals surface area contributed by atoms with Crippen LogP contribution in [0.1, 0.15) is 36.2 Å². The van der Waals surface area contributed by atoms with E-state index in [1.54, 1.807) is 29.1 Å². The van der Waals surface area contributed by atoms with Crippen molar-refractivity contribution in [3.05, 3.63) is 38.8 Å². The maximum absolute atomic E-state index is 13.1. The third-order valence-electron chi connectivity index (χ3n) is 4.64. The number of thiophene rings is 1. The number of thioether (sulfide) groups is 1. The molecule has 0 atom stereocenters. The van der Waals surface area contributed by atoms with Crippen LogP contribution in [0.25, 0.3) is 21.4 Å². The number of methoxy groups -OCH3 is 1. The first kappa shape index (κ1) is 18.9. The van der Waals surface area contributed by atoms with E-state index in [0.717, 1.165) is 32.0 Å². The fourth-order valence-electron chi connectivity index (χ4n) is 3.08. The molecule has 0 bridgehead atoms. The predicted molar refractivity (Wildman–Crippen MR) is 114 cm³/mol.